The van der Waals surface area contributed by atoms with E-state index in [1.165, 1.54) is 0 Å². The van der Waals surface area contributed by atoms with Crippen LogP contribution in [0.25, 0.3) is 6.08 Å². The summed E-state index contributed by atoms with van der Waals surface area (Å²) in [6, 6.07) is 9.95. The Kier molecular flexibility index (Phi) is 3.12. The molecule has 0 saturated heterocycles. The third-order valence-corrected chi connectivity index (χ3v) is 1.93. The van der Waals surface area contributed by atoms with Gasteiger partial charge in [-0.2, -0.15) is 0 Å². The summed E-state index contributed by atoms with van der Waals surface area (Å²) in [6.45, 7) is 5.64. The first-order valence-corrected chi connectivity index (χ1v) is 4.16. The SMILES string of the molecule is C=C(C)/C(Cl)=C\c1ccccc1. The van der Waals surface area contributed by atoms with Crippen molar-refractivity contribution in [3.05, 3.63) is 53.1 Å². The van der Waals surface area contributed by atoms with Crippen molar-refractivity contribution in [1.29, 1.82) is 0 Å². The third-order valence-electron chi connectivity index (χ3n) is 1.50. The molecule has 0 spiro atoms. The molecule has 0 aliphatic rings. The number of rotatable bonds is 2. The zero-order valence-electron chi connectivity index (χ0n) is 7.05. The zero-order chi connectivity index (χ0) is 8.97. The summed E-state index contributed by atoms with van der Waals surface area (Å²) >= 11 is 5.91. The summed E-state index contributed by atoms with van der Waals surface area (Å²) in [5.41, 5.74) is 1.99. The topological polar surface area (TPSA) is 0 Å². The van der Waals surface area contributed by atoms with Gasteiger partial charge in [0.05, 0.1) is 0 Å². The van der Waals surface area contributed by atoms with Crippen molar-refractivity contribution in [2.24, 2.45) is 0 Å². The maximum atomic E-state index is 5.91. The number of benzene rings is 1. The monoisotopic (exact) mass is 178 g/mol. The first-order chi connectivity index (χ1) is 5.70. The van der Waals surface area contributed by atoms with Crippen LogP contribution < -0.4 is 0 Å². The van der Waals surface area contributed by atoms with E-state index in [4.69, 9.17) is 11.6 Å². The first kappa shape index (κ1) is 9.08. The van der Waals surface area contributed by atoms with E-state index in [0.29, 0.717) is 5.03 Å². The Hall–Kier alpha value is -1.01. The Morgan fingerprint density at radius 2 is 1.92 bits per heavy atom. The molecule has 0 aliphatic carbocycles. The van der Waals surface area contributed by atoms with E-state index in [-0.39, 0.29) is 0 Å². The minimum Gasteiger partial charge on any atom is -0.0946 e. The van der Waals surface area contributed by atoms with E-state index < -0.39 is 0 Å². The van der Waals surface area contributed by atoms with Crippen LogP contribution in [-0.2, 0) is 0 Å². The molecule has 0 aromatic heterocycles. The van der Waals surface area contributed by atoms with Gasteiger partial charge in [-0.25, -0.2) is 0 Å². The second-order valence-electron chi connectivity index (χ2n) is 2.68. The Balaban J connectivity index is 2.89. The number of hydrogen-bond donors (Lipinski definition) is 0. The second-order valence-corrected chi connectivity index (χ2v) is 3.09. The average Bonchev–Trinajstić information content (AvgIpc) is 2.06. The number of hydrogen-bond acceptors (Lipinski definition) is 0. The van der Waals surface area contributed by atoms with Gasteiger partial charge < -0.3 is 0 Å². The highest BCUT2D eigenvalue weighted by atomic mass is 35.5. The van der Waals surface area contributed by atoms with Crippen LogP contribution in [0.2, 0.25) is 0 Å². The van der Waals surface area contributed by atoms with Gasteiger partial charge in [0.2, 0.25) is 0 Å². The van der Waals surface area contributed by atoms with E-state index in [0.717, 1.165) is 11.1 Å². The summed E-state index contributed by atoms with van der Waals surface area (Å²) in [4.78, 5) is 0. The first-order valence-electron chi connectivity index (χ1n) is 3.78. The Bertz CT molecular complexity index is 296. The van der Waals surface area contributed by atoms with Crippen LogP contribution in [0.5, 0.6) is 0 Å². The standard InChI is InChI=1S/C11H11Cl/c1-9(2)11(12)8-10-6-4-3-5-7-10/h3-8H,1H2,2H3/b11-8+. The fourth-order valence-electron chi connectivity index (χ4n) is 0.819. The van der Waals surface area contributed by atoms with Crippen molar-refractivity contribution in [3.8, 4) is 0 Å². The molecule has 12 heavy (non-hydrogen) atoms. The molecular formula is C11H11Cl. The number of allylic oxidation sites excluding steroid dienone is 2. The lowest BCUT2D eigenvalue weighted by Crippen LogP contribution is -1.74. The smallest absolute Gasteiger partial charge is 0.0435 e. The molecule has 0 heterocycles. The molecule has 1 rings (SSSR count). The van der Waals surface area contributed by atoms with E-state index in [9.17, 15) is 0 Å². The average molecular weight is 179 g/mol. The summed E-state index contributed by atoms with van der Waals surface area (Å²) in [6.07, 6.45) is 1.91. The Morgan fingerprint density at radius 1 is 1.33 bits per heavy atom. The normalized spacial score (nSPS) is 11.3. The molecule has 0 bridgehead atoms. The van der Waals surface area contributed by atoms with Crippen molar-refractivity contribution in [2.45, 2.75) is 6.92 Å². The van der Waals surface area contributed by atoms with Crippen LogP contribution in [0.3, 0.4) is 0 Å². The molecule has 1 aromatic carbocycles. The molecule has 1 heteroatoms. The minimum absolute atomic E-state index is 0.709. The third kappa shape index (κ3) is 2.55. The fraction of sp³-hybridized carbons (Fsp3) is 0.0909. The van der Waals surface area contributed by atoms with Gasteiger partial charge in [-0.15, -0.1) is 0 Å². The van der Waals surface area contributed by atoms with Gasteiger partial charge in [-0.05, 0) is 24.1 Å². The zero-order valence-corrected chi connectivity index (χ0v) is 7.81. The molecule has 0 fully saturated rings. The molecule has 1 aromatic rings. The fourth-order valence-corrected chi connectivity index (χ4v) is 0.945. The maximum Gasteiger partial charge on any atom is 0.0435 e. The summed E-state index contributed by atoms with van der Waals surface area (Å²) in [7, 11) is 0. The van der Waals surface area contributed by atoms with Crippen LogP contribution in [0.15, 0.2) is 47.5 Å². The van der Waals surface area contributed by atoms with E-state index in [1.54, 1.807) is 0 Å². The maximum absolute atomic E-state index is 5.91. The quantitative estimate of drug-likeness (QED) is 0.604. The summed E-state index contributed by atoms with van der Waals surface area (Å²) < 4.78 is 0. The van der Waals surface area contributed by atoms with Gasteiger partial charge in [-0.1, -0.05) is 48.5 Å². The van der Waals surface area contributed by atoms with Gasteiger partial charge in [0.1, 0.15) is 0 Å². The van der Waals surface area contributed by atoms with Crippen LogP contribution in [0.4, 0.5) is 0 Å². The molecule has 62 valence electrons. The second kappa shape index (κ2) is 4.13. The van der Waals surface area contributed by atoms with E-state index >= 15 is 0 Å². The van der Waals surface area contributed by atoms with Gasteiger partial charge in [-0.3, -0.25) is 0 Å². The summed E-state index contributed by atoms with van der Waals surface area (Å²) in [5, 5.41) is 0.709. The van der Waals surface area contributed by atoms with Crippen LogP contribution in [-0.4, -0.2) is 0 Å². The molecular weight excluding hydrogens is 168 g/mol. The predicted octanol–water partition coefficient (Wildman–Crippen LogP) is 3.84. The molecule has 0 aliphatic heterocycles. The molecule has 0 atom stereocenters. The lowest BCUT2D eigenvalue weighted by atomic mass is 10.2. The van der Waals surface area contributed by atoms with Gasteiger partial charge in [0.15, 0.2) is 0 Å². The van der Waals surface area contributed by atoms with Crippen molar-refractivity contribution < 1.29 is 0 Å². The van der Waals surface area contributed by atoms with Gasteiger partial charge in [0.25, 0.3) is 0 Å². The molecule has 0 unspecified atom stereocenters. The molecule has 0 N–H and O–H groups in total. The lowest BCUT2D eigenvalue weighted by molar-refractivity contribution is 1.53. The number of halogens is 1. The van der Waals surface area contributed by atoms with Gasteiger partial charge >= 0.3 is 0 Å². The van der Waals surface area contributed by atoms with Crippen molar-refractivity contribution in [2.75, 3.05) is 0 Å². The van der Waals surface area contributed by atoms with Crippen molar-refractivity contribution in [1.82, 2.24) is 0 Å². The Labute approximate surface area is 78.2 Å². The van der Waals surface area contributed by atoms with E-state index in [1.807, 2.05) is 43.3 Å². The highest BCUT2D eigenvalue weighted by molar-refractivity contribution is 6.33. The molecule has 0 radical (unpaired) electrons. The lowest BCUT2D eigenvalue weighted by Gasteiger charge is -1.96. The van der Waals surface area contributed by atoms with Crippen LogP contribution in [0, 0.1) is 0 Å². The van der Waals surface area contributed by atoms with E-state index in [2.05, 4.69) is 6.58 Å². The minimum atomic E-state index is 0.709. The molecule has 0 amide bonds. The van der Waals surface area contributed by atoms with Crippen molar-refractivity contribution in [3.63, 3.8) is 0 Å². The van der Waals surface area contributed by atoms with Gasteiger partial charge in [0, 0.05) is 5.03 Å². The van der Waals surface area contributed by atoms with Crippen molar-refractivity contribution >= 4 is 17.7 Å². The largest absolute Gasteiger partial charge is 0.0946 e. The Morgan fingerprint density at radius 3 is 2.42 bits per heavy atom. The van der Waals surface area contributed by atoms with Crippen LogP contribution in [0.1, 0.15) is 12.5 Å². The predicted molar refractivity (Wildman–Crippen MR) is 55.1 cm³/mol. The highest BCUT2D eigenvalue weighted by Crippen LogP contribution is 2.16. The molecule has 0 nitrogen and oxygen atoms in total. The highest BCUT2D eigenvalue weighted by Gasteiger charge is 1.92. The summed E-state index contributed by atoms with van der Waals surface area (Å²) in [5.74, 6) is 0. The molecule has 0 saturated carbocycles. The van der Waals surface area contributed by atoms with Crippen LogP contribution >= 0.6 is 11.6 Å².